The number of rotatable bonds is 5. The van der Waals surface area contributed by atoms with Gasteiger partial charge in [0.15, 0.2) is 10.9 Å². The number of aromatic nitrogens is 2. The monoisotopic (exact) mass is 415 g/mol. The van der Waals surface area contributed by atoms with Crippen LogP contribution in [0.2, 0.25) is 0 Å². The third-order valence-electron chi connectivity index (χ3n) is 5.22. The van der Waals surface area contributed by atoms with E-state index in [-0.39, 0.29) is 17.3 Å². The van der Waals surface area contributed by atoms with E-state index in [1.165, 1.54) is 4.88 Å². The van der Waals surface area contributed by atoms with E-state index < -0.39 is 0 Å². The van der Waals surface area contributed by atoms with Gasteiger partial charge in [-0.1, -0.05) is 25.6 Å². The van der Waals surface area contributed by atoms with E-state index in [0.717, 1.165) is 41.2 Å². The summed E-state index contributed by atoms with van der Waals surface area (Å²) < 4.78 is 0. The molecule has 0 fully saturated rings. The highest BCUT2D eigenvalue weighted by Gasteiger charge is 2.38. The number of carbonyl (C=O) groups excluding carboxylic acids is 1. The highest BCUT2D eigenvalue weighted by Crippen LogP contribution is 2.45. The van der Waals surface area contributed by atoms with Gasteiger partial charge >= 0.3 is 0 Å². The molecular weight excluding hydrogens is 390 g/mol. The summed E-state index contributed by atoms with van der Waals surface area (Å²) in [5.74, 6) is 1.97. The molecule has 5 nitrogen and oxygen atoms in total. The lowest BCUT2D eigenvalue weighted by atomic mass is 9.79. The lowest BCUT2D eigenvalue weighted by Crippen LogP contribution is -2.32. The Hall–Kier alpha value is -1.86. The van der Waals surface area contributed by atoms with E-state index >= 15 is 0 Å². The second-order valence-electron chi connectivity index (χ2n) is 7.84. The van der Waals surface area contributed by atoms with Crippen molar-refractivity contribution in [3.63, 3.8) is 0 Å². The highest BCUT2D eigenvalue weighted by molar-refractivity contribution is 7.99. The number of anilines is 1. The number of nitrogens with zero attached hydrogens (tertiary/aromatic N) is 1. The molecule has 0 bridgehead atoms. The van der Waals surface area contributed by atoms with E-state index in [0.29, 0.717) is 28.9 Å². The number of aryl methyl sites for hydroxylation is 1. The van der Waals surface area contributed by atoms with Crippen LogP contribution in [0.25, 0.3) is 0 Å². The molecule has 2 aromatic heterocycles. The fourth-order valence-corrected chi connectivity index (χ4v) is 5.89. The molecule has 0 saturated carbocycles. The summed E-state index contributed by atoms with van der Waals surface area (Å²) in [5.41, 5.74) is 2.12. The van der Waals surface area contributed by atoms with Crippen LogP contribution in [0, 0.1) is 12.8 Å². The zero-order chi connectivity index (χ0) is 19.8. The van der Waals surface area contributed by atoms with Crippen LogP contribution in [0.1, 0.15) is 60.8 Å². The largest absolute Gasteiger partial charge is 0.343 e. The lowest BCUT2D eigenvalue weighted by molar-refractivity contribution is -0.116. The molecule has 0 saturated heterocycles. The van der Waals surface area contributed by atoms with Crippen LogP contribution < -0.4 is 10.9 Å². The first-order chi connectivity index (χ1) is 13.4. The minimum atomic E-state index is -0.316. The molecule has 2 aromatic rings. The summed E-state index contributed by atoms with van der Waals surface area (Å²) in [6, 6.07) is 4.09. The van der Waals surface area contributed by atoms with Gasteiger partial charge in [0.25, 0.3) is 5.56 Å². The van der Waals surface area contributed by atoms with Crippen LogP contribution in [-0.2, 0) is 4.79 Å². The molecule has 28 heavy (non-hydrogen) atoms. The van der Waals surface area contributed by atoms with Crippen molar-refractivity contribution in [3.05, 3.63) is 49.1 Å². The Labute approximate surface area is 173 Å². The van der Waals surface area contributed by atoms with Crippen molar-refractivity contribution < 1.29 is 4.79 Å². The van der Waals surface area contributed by atoms with Gasteiger partial charge in [0.1, 0.15) is 5.82 Å². The Kier molecular flexibility index (Phi) is 5.47. The molecule has 4 rings (SSSR count). The lowest BCUT2D eigenvalue weighted by Gasteiger charge is -2.32. The zero-order valence-electron chi connectivity index (χ0n) is 16.4. The summed E-state index contributed by atoms with van der Waals surface area (Å²) >= 11 is 3.23. The fourth-order valence-electron chi connectivity index (χ4n) is 3.79. The van der Waals surface area contributed by atoms with Gasteiger partial charge < -0.3 is 10.3 Å². The molecule has 0 aromatic carbocycles. The molecule has 7 heteroatoms. The SMILES string of the molecule is Cc1ccc([C@@H]2C3=C(CCCC3=O)Nc3nc(SCCC(C)C)[nH]c(=O)c32)s1. The first-order valence-corrected chi connectivity index (χ1v) is 11.6. The number of hydrogen-bond acceptors (Lipinski definition) is 6. The number of thiophene rings is 1. The normalized spacial score (nSPS) is 18.9. The maximum Gasteiger partial charge on any atom is 0.257 e. The number of H-pyrrole nitrogens is 1. The maximum atomic E-state index is 13.1. The third-order valence-corrected chi connectivity index (χ3v) is 7.19. The van der Waals surface area contributed by atoms with Gasteiger partial charge in [0, 0.05) is 33.2 Å². The Bertz CT molecular complexity index is 1000. The highest BCUT2D eigenvalue weighted by atomic mass is 32.2. The predicted molar refractivity (Wildman–Crippen MR) is 115 cm³/mol. The maximum absolute atomic E-state index is 13.1. The van der Waals surface area contributed by atoms with Crippen molar-refractivity contribution in [2.24, 2.45) is 5.92 Å². The number of aromatic amines is 1. The first-order valence-electron chi connectivity index (χ1n) is 9.80. The van der Waals surface area contributed by atoms with E-state index in [1.807, 2.05) is 19.1 Å². The summed E-state index contributed by atoms with van der Waals surface area (Å²) in [7, 11) is 0. The van der Waals surface area contributed by atoms with E-state index in [9.17, 15) is 9.59 Å². The number of allylic oxidation sites excluding steroid dienone is 2. The van der Waals surface area contributed by atoms with Crippen LogP contribution in [0.4, 0.5) is 5.82 Å². The molecule has 2 aliphatic rings. The molecule has 2 N–H and O–H groups in total. The van der Waals surface area contributed by atoms with Crippen molar-refractivity contribution >= 4 is 34.7 Å². The molecule has 1 aliphatic heterocycles. The first kappa shape index (κ1) is 19.5. The average Bonchev–Trinajstić information content (AvgIpc) is 3.06. The van der Waals surface area contributed by atoms with Crippen LogP contribution >= 0.6 is 23.1 Å². The van der Waals surface area contributed by atoms with E-state index in [1.54, 1.807) is 23.1 Å². The summed E-state index contributed by atoms with van der Waals surface area (Å²) in [5, 5.41) is 3.98. The second kappa shape index (κ2) is 7.87. The van der Waals surface area contributed by atoms with Crippen molar-refractivity contribution in [1.29, 1.82) is 0 Å². The summed E-state index contributed by atoms with van der Waals surface area (Å²) in [6.07, 6.45) is 3.28. The number of hydrogen-bond donors (Lipinski definition) is 2. The van der Waals surface area contributed by atoms with Crippen LogP contribution in [0.3, 0.4) is 0 Å². The van der Waals surface area contributed by atoms with Gasteiger partial charge in [-0.15, -0.1) is 11.3 Å². The number of carbonyl (C=O) groups is 1. The Morgan fingerprint density at radius 3 is 2.82 bits per heavy atom. The van der Waals surface area contributed by atoms with Crippen molar-refractivity contribution in [2.75, 3.05) is 11.1 Å². The minimum absolute atomic E-state index is 0.144. The molecule has 148 valence electrons. The quantitative estimate of drug-likeness (QED) is 0.540. The molecular formula is C21H25N3O2S2. The molecule has 0 amide bonds. The smallest absolute Gasteiger partial charge is 0.257 e. The van der Waals surface area contributed by atoms with Gasteiger partial charge in [-0.25, -0.2) is 4.98 Å². The fraction of sp³-hybridized carbons (Fsp3) is 0.476. The van der Waals surface area contributed by atoms with Crippen LogP contribution in [0.5, 0.6) is 0 Å². The van der Waals surface area contributed by atoms with Crippen LogP contribution in [0.15, 0.2) is 33.4 Å². The van der Waals surface area contributed by atoms with Crippen LogP contribution in [-0.4, -0.2) is 21.5 Å². The zero-order valence-corrected chi connectivity index (χ0v) is 18.1. The Balaban J connectivity index is 1.78. The summed E-state index contributed by atoms with van der Waals surface area (Å²) in [4.78, 5) is 35.7. The summed E-state index contributed by atoms with van der Waals surface area (Å²) in [6.45, 7) is 6.42. The molecule has 1 aliphatic carbocycles. The van der Waals surface area contributed by atoms with Gasteiger partial charge in [-0.05, 0) is 44.2 Å². The van der Waals surface area contributed by atoms with E-state index in [2.05, 4.69) is 24.1 Å². The van der Waals surface area contributed by atoms with E-state index in [4.69, 9.17) is 4.98 Å². The Morgan fingerprint density at radius 2 is 2.11 bits per heavy atom. The number of Topliss-reactive ketones (excluding diaryl/α,β-unsaturated/α-hetero) is 1. The molecule has 1 atom stereocenters. The number of fused-ring (bicyclic) bond motifs is 1. The van der Waals surface area contributed by atoms with Gasteiger partial charge in [0.05, 0.1) is 11.5 Å². The van der Waals surface area contributed by atoms with Gasteiger partial charge in [-0.2, -0.15) is 0 Å². The molecule has 0 spiro atoms. The van der Waals surface area contributed by atoms with Gasteiger partial charge in [0.2, 0.25) is 0 Å². The Morgan fingerprint density at radius 1 is 1.29 bits per heavy atom. The minimum Gasteiger partial charge on any atom is -0.343 e. The molecule has 0 radical (unpaired) electrons. The number of ketones is 1. The number of nitrogens with one attached hydrogen (secondary N) is 2. The third kappa shape index (κ3) is 3.70. The van der Waals surface area contributed by atoms with Crippen molar-refractivity contribution in [3.8, 4) is 0 Å². The molecule has 0 unspecified atom stereocenters. The average molecular weight is 416 g/mol. The standard InChI is InChI=1S/C21H25N3O2S2/c1-11(2)9-10-27-21-23-19-18(20(26)24-21)17(15-8-7-12(3)28-15)16-13(22-19)5-4-6-14(16)25/h7-8,11,17H,4-6,9-10H2,1-3H3,(H2,22,23,24,26)/t17-/m1/s1. The van der Waals surface area contributed by atoms with Crippen molar-refractivity contribution in [2.45, 2.75) is 57.5 Å². The topological polar surface area (TPSA) is 74.8 Å². The van der Waals surface area contributed by atoms with Gasteiger partial charge in [-0.3, -0.25) is 9.59 Å². The second-order valence-corrected chi connectivity index (χ2v) is 10.2. The molecule has 3 heterocycles. The van der Waals surface area contributed by atoms with Crippen molar-refractivity contribution in [1.82, 2.24) is 9.97 Å². The number of thioether (sulfide) groups is 1. The predicted octanol–water partition coefficient (Wildman–Crippen LogP) is 4.84.